The molecule has 1 aliphatic rings. The van der Waals surface area contributed by atoms with Crippen molar-refractivity contribution in [1.82, 2.24) is 0 Å². The quantitative estimate of drug-likeness (QED) is 0.421. The van der Waals surface area contributed by atoms with Gasteiger partial charge in [0.1, 0.15) is 6.10 Å². The van der Waals surface area contributed by atoms with Gasteiger partial charge in [-0.1, -0.05) is 71.1 Å². The number of hydrogen-bond donors (Lipinski definition) is 0. The molecule has 1 fully saturated rings. The Morgan fingerprint density at radius 2 is 1.45 bits per heavy atom. The summed E-state index contributed by atoms with van der Waals surface area (Å²) >= 11 is 0. The monoisotopic (exact) mass is 282 g/mol. The van der Waals surface area contributed by atoms with E-state index in [-0.39, 0.29) is 6.10 Å². The molecular weight excluding hydrogens is 248 g/mol. The Morgan fingerprint density at radius 3 is 1.95 bits per heavy atom. The molecule has 0 saturated carbocycles. The van der Waals surface area contributed by atoms with Crippen LogP contribution in [0.15, 0.2) is 0 Å². The molecule has 0 aliphatic carbocycles. The van der Waals surface area contributed by atoms with Gasteiger partial charge in [-0.3, -0.25) is 4.79 Å². The van der Waals surface area contributed by atoms with Crippen molar-refractivity contribution in [2.45, 2.75) is 103 Å². The Morgan fingerprint density at radius 1 is 0.900 bits per heavy atom. The van der Waals surface area contributed by atoms with Gasteiger partial charge in [0.15, 0.2) is 5.78 Å². The van der Waals surface area contributed by atoms with Crippen LogP contribution >= 0.6 is 0 Å². The summed E-state index contributed by atoms with van der Waals surface area (Å²) in [6, 6.07) is 0. The van der Waals surface area contributed by atoms with E-state index in [1.54, 1.807) is 0 Å². The van der Waals surface area contributed by atoms with Gasteiger partial charge in [-0.2, -0.15) is 0 Å². The zero-order valence-electron chi connectivity index (χ0n) is 13.5. The molecule has 0 aromatic heterocycles. The van der Waals surface area contributed by atoms with Crippen LogP contribution in [-0.2, 0) is 9.53 Å². The highest BCUT2D eigenvalue weighted by Gasteiger charge is 2.22. The molecule has 1 rings (SSSR count). The van der Waals surface area contributed by atoms with E-state index in [4.69, 9.17) is 4.74 Å². The molecule has 0 radical (unpaired) electrons. The Labute approximate surface area is 125 Å². The summed E-state index contributed by atoms with van der Waals surface area (Å²) in [6.07, 6.45) is 17.4. The third-order valence-corrected chi connectivity index (χ3v) is 4.32. The molecule has 2 heteroatoms. The van der Waals surface area contributed by atoms with Crippen LogP contribution in [0.5, 0.6) is 0 Å². The first-order chi connectivity index (χ1) is 9.84. The van der Waals surface area contributed by atoms with Crippen molar-refractivity contribution in [3.8, 4) is 0 Å². The van der Waals surface area contributed by atoms with Gasteiger partial charge >= 0.3 is 0 Å². The molecule has 0 bridgehead atoms. The minimum atomic E-state index is -0.0573. The van der Waals surface area contributed by atoms with Crippen molar-refractivity contribution in [2.24, 2.45) is 0 Å². The first-order valence-electron chi connectivity index (χ1n) is 8.99. The van der Waals surface area contributed by atoms with Crippen LogP contribution in [0.2, 0.25) is 0 Å². The third-order valence-electron chi connectivity index (χ3n) is 4.32. The van der Waals surface area contributed by atoms with Crippen molar-refractivity contribution in [1.29, 1.82) is 0 Å². The van der Waals surface area contributed by atoms with Gasteiger partial charge in [-0.05, 0) is 19.3 Å². The van der Waals surface area contributed by atoms with Gasteiger partial charge in [0, 0.05) is 13.0 Å². The van der Waals surface area contributed by atoms with Crippen LogP contribution < -0.4 is 0 Å². The zero-order valence-corrected chi connectivity index (χ0v) is 13.5. The summed E-state index contributed by atoms with van der Waals surface area (Å²) in [5, 5.41) is 0. The lowest BCUT2D eigenvalue weighted by Crippen LogP contribution is -2.18. The summed E-state index contributed by atoms with van der Waals surface area (Å²) in [6.45, 7) is 3.05. The maximum absolute atomic E-state index is 11.8. The number of rotatable bonds is 13. The molecule has 0 spiro atoms. The SMILES string of the molecule is CCCCCCCCCCCCCC(=O)C1CCCO1. The van der Waals surface area contributed by atoms with Crippen molar-refractivity contribution >= 4 is 5.78 Å². The van der Waals surface area contributed by atoms with Crippen LogP contribution in [-0.4, -0.2) is 18.5 Å². The topological polar surface area (TPSA) is 26.3 Å². The number of unbranched alkanes of at least 4 members (excludes halogenated alkanes) is 10. The first-order valence-corrected chi connectivity index (χ1v) is 8.99. The normalized spacial score (nSPS) is 18.6. The number of ketones is 1. The highest BCUT2D eigenvalue weighted by molar-refractivity contribution is 5.83. The molecule has 1 saturated heterocycles. The summed E-state index contributed by atoms with van der Waals surface area (Å²) in [4.78, 5) is 11.8. The molecule has 1 aliphatic heterocycles. The molecule has 0 N–H and O–H groups in total. The molecule has 0 amide bonds. The van der Waals surface area contributed by atoms with E-state index in [9.17, 15) is 4.79 Å². The van der Waals surface area contributed by atoms with E-state index < -0.39 is 0 Å². The lowest BCUT2D eigenvalue weighted by atomic mass is 10.0. The molecule has 0 aromatic rings. The van der Waals surface area contributed by atoms with Crippen LogP contribution in [0.25, 0.3) is 0 Å². The lowest BCUT2D eigenvalue weighted by Gasteiger charge is -2.07. The van der Waals surface area contributed by atoms with Gasteiger partial charge in [0.05, 0.1) is 0 Å². The van der Waals surface area contributed by atoms with E-state index in [0.29, 0.717) is 5.78 Å². The molecule has 1 heterocycles. The Bertz CT molecular complexity index is 232. The lowest BCUT2D eigenvalue weighted by molar-refractivity contribution is -0.127. The van der Waals surface area contributed by atoms with Crippen LogP contribution in [0, 0.1) is 0 Å². The highest BCUT2D eigenvalue weighted by atomic mass is 16.5. The van der Waals surface area contributed by atoms with Crippen molar-refractivity contribution in [3.05, 3.63) is 0 Å². The Balaban J connectivity index is 1.77. The average molecular weight is 282 g/mol. The summed E-state index contributed by atoms with van der Waals surface area (Å²) in [7, 11) is 0. The summed E-state index contributed by atoms with van der Waals surface area (Å²) < 4.78 is 5.42. The molecule has 0 aromatic carbocycles. The molecule has 1 unspecified atom stereocenters. The number of carbonyl (C=O) groups excluding carboxylic acids is 1. The van der Waals surface area contributed by atoms with E-state index in [1.807, 2.05) is 0 Å². The van der Waals surface area contributed by atoms with Gasteiger partial charge in [0.2, 0.25) is 0 Å². The second-order valence-corrected chi connectivity index (χ2v) is 6.25. The predicted octanol–water partition coefficient (Wildman–Crippen LogP) is 5.44. The molecule has 20 heavy (non-hydrogen) atoms. The summed E-state index contributed by atoms with van der Waals surface area (Å²) in [5.74, 6) is 0.346. The second kappa shape index (κ2) is 12.4. The fraction of sp³-hybridized carbons (Fsp3) is 0.944. The maximum atomic E-state index is 11.8. The fourth-order valence-corrected chi connectivity index (χ4v) is 2.96. The standard InChI is InChI=1S/C18H34O2/c1-2-3-4-5-6-7-8-9-10-11-12-14-17(19)18-15-13-16-20-18/h18H,2-16H2,1H3. The molecule has 2 nitrogen and oxygen atoms in total. The minimum absolute atomic E-state index is 0.0573. The largest absolute Gasteiger partial charge is 0.370 e. The van der Waals surface area contributed by atoms with Crippen LogP contribution in [0.4, 0.5) is 0 Å². The first kappa shape index (κ1) is 17.7. The molecule has 118 valence electrons. The van der Waals surface area contributed by atoms with E-state index >= 15 is 0 Å². The number of Topliss-reactive ketones (excluding diaryl/α,β-unsaturated/α-hetero) is 1. The fourth-order valence-electron chi connectivity index (χ4n) is 2.96. The Hall–Kier alpha value is -0.370. The summed E-state index contributed by atoms with van der Waals surface area (Å²) in [5.41, 5.74) is 0. The average Bonchev–Trinajstić information content (AvgIpc) is 2.99. The third kappa shape index (κ3) is 8.73. The van der Waals surface area contributed by atoms with Gasteiger partial charge < -0.3 is 4.74 Å². The van der Waals surface area contributed by atoms with E-state index in [0.717, 1.165) is 32.3 Å². The van der Waals surface area contributed by atoms with Crippen LogP contribution in [0.3, 0.4) is 0 Å². The Kier molecular flexibility index (Phi) is 10.9. The molecular formula is C18H34O2. The van der Waals surface area contributed by atoms with Crippen molar-refractivity contribution < 1.29 is 9.53 Å². The smallest absolute Gasteiger partial charge is 0.161 e. The van der Waals surface area contributed by atoms with Crippen molar-refractivity contribution in [2.75, 3.05) is 6.61 Å². The van der Waals surface area contributed by atoms with Gasteiger partial charge in [-0.15, -0.1) is 0 Å². The minimum Gasteiger partial charge on any atom is -0.370 e. The van der Waals surface area contributed by atoms with Gasteiger partial charge in [0.25, 0.3) is 0 Å². The van der Waals surface area contributed by atoms with Crippen molar-refractivity contribution in [3.63, 3.8) is 0 Å². The molecule has 1 atom stereocenters. The highest BCUT2D eigenvalue weighted by Crippen LogP contribution is 2.17. The van der Waals surface area contributed by atoms with Gasteiger partial charge in [-0.25, -0.2) is 0 Å². The zero-order chi connectivity index (χ0) is 14.5. The number of ether oxygens (including phenoxy) is 1. The maximum Gasteiger partial charge on any atom is 0.161 e. The number of carbonyl (C=O) groups is 1. The van der Waals surface area contributed by atoms with E-state index in [1.165, 1.54) is 64.2 Å². The predicted molar refractivity (Wildman–Crippen MR) is 85.1 cm³/mol. The second-order valence-electron chi connectivity index (χ2n) is 6.25. The van der Waals surface area contributed by atoms with E-state index in [2.05, 4.69) is 6.92 Å². The van der Waals surface area contributed by atoms with Crippen LogP contribution in [0.1, 0.15) is 96.8 Å². The number of hydrogen-bond acceptors (Lipinski definition) is 2.